The van der Waals surface area contributed by atoms with Crippen molar-refractivity contribution in [1.82, 2.24) is 10.2 Å². The molecule has 4 nitrogen and oxygen atoms in total. The van der Waals surface area contributed by atoms with Crippen LogP contribution in [0.5, 0.6) is 0 Å². The fourth-order valence-corrected chi connectivity index (χ4v) is 1.50. The maximum Gasteiger partial charge on any atom is 0.241 e. The van der Waals surface area contributed by atoms with E-state index in [0.29, 0.717) is 0 Å². The van der Waals surface area contributed by atoms with Gasteiger partial charge in [-0.1, -0.05) is 15.9 Å². The smallest absolute Gasteiger partial charge is 0.241 e. The lowest BCUT2D eigenvalue weighted by Gasteiger charge is -2.14. The zero-order valence-corrected chi connectivity index (χ0v) is 8.97. The van der Waals surface area contributed by atoms with E-state index >= 15 is 0 Å². The molecule has 0 spiro atoms. The van der Waals surface area contributed by atoms with Crippen LogP contribution in [0.2, 0.25) is 0 Å². The second kappa shape index (κ2) is 5.21. The van der Waals surface area contributed by atoms with Gasteiger partial charge in [0.15, 0.2) is 0 Å². The Morgan fingerprint density at radius 3 is 2.46 bits per heavy atom. The molecule has 0 atom stereocenters. The molecule has 0 aliphatic carbocycles. The van der Waals surface area contributed by atoms with Crippen LogP contribution in [0, 0.1) is 0 Å². The van der Waals surface area contributed by atoms with Crippen LogP contribution in [-0.4, -0.2) is 41.7 Å². The number of alkyl halides is 1. The Bertz CT molecular complexity index is 202. The summed E-state index contributed by atoms with van der Waals surface area (Å²) in [6.45, 7) is 1.80. The Labute approximate surface area is 85.8 Å². The molecule has 1 rings (SSSR count). The van der Waals surface area contributed by atoms with E-state index in [1.165, 1.54) is 0 Å². The second-order valence-electron chi connectivity index (χ2n) is 3.00. The monoisotopic (exact) mass is 248 g/mol. The highest BCUT2D eigenvalue weighted by molar-refractivity contribution is 9.09. The summed E-state index contributed by atoms with van der Waals surface area (Å²) in [7, 11) is 0. The number of nitrogens with one attached hydrogen (secondary N) is 1. The van der Waals surface area contributed by atoms with E-state index in [1.807, 2.05) is 0 Å². The van der Waals surface area contributed by atoms with Crippen molar-refractivity contribution in [2.45, 2.75) is 12.8 Å². The van der Waals surface area contributed by atoms with E-state index in [4.69, 9.17) is 0 Å². The molecule has 1 aliphatic rings. The zero-order valence-electron chi connectivity index (χ0n) is 7.38. The number of hydrogen-bond acceptors (Lipinski definition) is 2. The molecule has 0 saturated carbocycles. The third kappa shape index (κ3) is 3.34. The molecule has 1 N–H and O–H groups in total. The summed E-state index contributed by atoms with van der Waals surface area (Å²) in [4.78, 5) is 24.0. The third-order valence-electron chi connectivity index (χ3n) is 2.02. The van der Waals surface area contributed by atoms with Gasteiger partial charge in [-0.2, -0.15) is 0 Å². The normalized spacial score (nSPS) is 15.9. The average Bonchev–Trinajstić information content (AvgIpc) is 2.66. The van der Waals surface area contributed by atoms with Crippen molar-refractivity contribution >= 4 is 27.7 Å². The summed E-state index contributed by atoms with van der Waals surface area (Å²) in [5, 5.41) is 2.78. The summed E-state index contributed by atoms with van der Waals surface area (Å²) in [6.07, 6.45) is 2.16. The van der Waals surface area contributed by atoms with Crippen molar-refractivity contribution in [3.05, 3.63) is 0 Å². The minimum Gasteiger partial charge on any atom is -0.346 e. The van der Waals surface area contributed by atoms with Gasteiger partial charge in [0.25, 0.3) is 0 Å². The number of carbonyl (C=O) groups excluding carboxylic acids is 2. The fourth-order valence-electron chi connectivity index (χ4n) is 1.30. The van der Waals surface area contributed by atoms with E-state index in [0.717, 1.165) is 25.9 Å². The second-order valence-corrected chi connectivity index (χ2v) is 3.56. The zero-order chi connectivity index (χ0) is 9.68. The Hall–Kier alpha value is -0.580. The van der Waals surface area contributed by atoms with Crippen LogP contribution in [0.25, 0.3) is 0 Å². The molecule has 1 saturated heterocycles. The highest BCUT2D eigenvalue weighted by Gasteiger charge is 2.17. The number of halogens is 1. The number of nitrogens with zero attached hydrogens (tertiary/aromatic N) is 1. The molecule has 0 unspecified atom stereocenters. The summed E-state index contributed by atoms with van der Waals surface area (Å²) in [6, 6.07) is 0. The first-order valence-electron chi connectivity index (χ1n) is 4.34. The molecule has 13 heavy (non-hydrogen) atoms. The number of hydrogen-bond donors (Lipinski definition) is 1. The van der Waals surface area contributed by atoms with Gasteiger partial charge in [0.05, 0.1) is 11.9 Å². The van der Waals surface area contributed by atoms with Crippen molar-refractivity contribution in [3.8, 4) is 0 Å². The Morgan fingerprint density at radius 1 is 1.31 bits per heavy atom. The summed E-state index contributed by atoms with van der Waals surface area (Å²) in [5.74, 6) is -0.126. The van der Waals surface area contributed by atoms with Crippen LogP contribution in [-0.2, 0) is 9.59 Å². The molecule has 0 aromatic rings. The average molecular weight is 249 g/mol. The number of carbonyl (C=O) groups is 2. The standard InChI is InChI=1S/C8H13BrN2O2/c9-5-7(12)10-6-8(13)11-3-1-2-4-11/h1-6H2,(H,10,12). The van der Waals surface area contributed by atoms with E-state index in [-0.39, 0.29) is 23.7 Å². The minimum atomic E-state index is -0.146. The molecule has 0 radical (unpaired) electrons. The van der Waals surface area contributed by atoms with Crippen molar-refractivity contribution < 1.29 is 9.59 Å². The third-order valence-corrected chi connectivity index (χ3v) is 2.53. The highest BCUT2D eigenvalue weighted by atomic mass is 79.9. The van der Waals surface area contributed by atoms with E-state index < -0.39 is 0 Å². The molecule has 0 aromatic carbocycles. The summed E-state index contributed by atoms with van der Waals surface area (Å²) in [5.41, 5.74) is 0. The lowest BCUT2D eigenvalue weighted by Crippen LogP contribution is -2.38. The Kier molecular flexibility index (Phi) is 4.21. The lowest BCUT2D eigenvalue weighted by molar-refractivity contribution is -0.131. The first kappa shape index (κ1) is 10.5. The van der Waals surface area contributed by atoms with Gasteiger partial charge in [-0.15, -0.1) is 0 Å². The van der Waals surface area contributed by atoms with Gasteiger partial charge < -0.3 is 10.2 Å². The molecular formula is C8H13BrN2O2. The molecule has 0 aromatic heterocycles. The Balaban J connectivity index is 2.20. The van der Waals surface area contributed by atoms with Crippen LogP contribution >= 0.6 is 15.9 Å². The van der Waals surface area contributed by atoms with Crippen LogP contribution in [0.4, 0.5) is 0 Å². The summed E-state index contributed by atoms with van der Waals surface area (Å²) < 4.78 is 0. The van der Waals surface area contributed by atoms with Gasteiger partial charge >= 0.3 is 0 Å². The van der Waals surface area contributed by atoms with Crippen LogP contribution in [0.3, 0.4) is 0 Å². The SMILES string of the molecule is O=C(CBr)NCC(=O)N1CCCC1. The molecule has 2 amide bonds. The van der Waals surface area contributed by atoms with Gasteiger partial charge in [-0.05, 0) is 12.8 Å². The van der Waals surface area contributed by atoms with E-state index in [2.05, 4.69) is 21.2 Å². The van der Waals surface area contributed by atoms with Crippen molar-refractivity contribution in [3.63, 3.8) is 0 Å². The quantitative estimate of drug-likeness (QED) is 0.722. The van der Waals surface area contributed by atoms with E-state index in [9.17, 15) is 9.59 Å². The van der Waals surface area contributed by atoms with Gasteiger partial charge in [-0.3, -0.25) is 9.59 Å². The predicted molar refractivity (Wildman–Crippen MR) is 52.6 cm³/mol. The highest BCUT2D eigenvalue weighted by Crippen LogP contribution is 2.06. The van der Waals surface area contributed by atoms with Crippen LogP contribution < -0.4 is 5.32 Å². The molecular weight excluding hydrogens is 236 g/mol. The van der Waals surface area contributed by atoms with Gasteiger partial charge in [-0.25, -0.2) is 0 Å². The largest absolute Gasteiger partial charge is 0.346 e. The van der Waals surface area contributed by atoms with E-state index in [1.54, 1.807) is 4.90 Å². The van der Waals surface area contributed by atoms with Crippen molar-refractivity contribution in [2.24, 2.45) is 0 Å². The number of likely N-dealkylation sites (tertiary alicyclic amines) is 1. The molecule has 5 heteroatoms. The number of amides is 2. The predicted octanol–water partition coefficient (Wildman–Crippen LogP) is 0.120. The maximum atomic E-state index is 11.4. The minimum absolute atomic E-state index is 0.0202. The first-order chi connectivity index (χ1) is 6.24. The van der Waals surface area contributed by atoms with Gasteiger partial charge in [0, 0.05) is 13.1 Å². The lowest BCUT2D eigenvalue weighted by atomic mass is 10.4. The van der Waals surface area contributed by atoms with Crippen LogP contribution in [0.15, 0.2) is 0 Å². The molecule has 0 bridgehead atoms. The Morgan fingerprint density at radius 2 is 1.92 bits per heavy atom. The number of rotatable bonds is 3. The first-order valence-corrected chi connectivity index (χ1v) is 5.46. The van der Waals surface area contributed by atoms with Gasteiger partial charge in [0.2, 0.25) is 11.8 Å². The molecule has 74 valence electrons. The topological polar surface area (TPSA) is 49.4 Å². The maximum absolute atomic E-state index is 11.4. The molecule has 1 fully saturated rings. The summed E-state index contributed by atoms with van der Waals surface area (Å²) >= 11 is 3.01. The van der Waals surface area contributed by atoms with Gasteiger partial charge in [0.1, 0.15) is 0 Å². The fraction of sp³-hybridized carbons (Fsp3) is 0.750. The molecule has 1 aliphatic heterocycles. The van der Waals surface area contributed by atoms with Crippen molar-refractivity contribution in [2.75, 3.05) is 25.0 Å². The molecule has 1 heterocycles. The van der Waals surface area contributed by atoms with Crippen molar-refractivity contribution in [1.29, 1.82) is 0 Å². The van der Waals surface area contributed by atoms with Crippen LogP contribution in [0.1, 0.15) is 12.8 Å².